The minimum atomic E-state index is -4.86. The smallest absolute Gasteiger partial charge is 0.388 e. The lowest BCUT2D eigenvalue weighted by Gasteiger charge is -2.32. The number of aromatic nitrogens is 1. The lowest BCUT2D eigenvalue weighted by Crippen LogP contribution is -2.49. The third-order valence-electron chi connectivity index (χ3n) is 5.89. The molecule has 0 spiro atoms. The normalized spacial score (nSPS) is 18.8. The Morgan fingerprint density at radius 1 is 1.30 bits per heavy atom. The maximum absolute atomic E-state index is 14.1. The standard InChI is InChI=1S/C22H22BrF3N4O3/c1-11-17(20(32)28-10-21(33)4-6-27-7-5-21)18(22(24,25)26)16(29-11)9-14-13-8-12(23)2-3-15(13)30-19(14)31/h2-3,8-9,27,29,33H,4-7,10H2,1H3,(H,28,32)(H,30,31)/b14-9-. The van der Waals surface area contributed by atoms with Gasteiger partial charge in [0.15, 0.2) is 0 Å². The average molecular weight is 527 g/mol. The van der Waals surface area contributed by atoms with Gasteiger partial charge in [0.1, 0.15) is 0 Å². The van der Waals surface area contributed by atoms with Crippen molar-refractivity contribution >= 4 is 45.1 Å². The van der Waals surface area contributed by atoms with E-state index in [4.69, 9.17) is 0 Å². The minimum absolute atomic E-state index is 0.0110. The molecule has 1 aromatic carbocycles. The van der Waals surface area contributed by atoms with Gasteiger partial charge in [0.05, 0.1) is 28.0 Å². The van der Waals surface area contributed by atoms with Crippen molar-refractivity contribution in [3.63, 3.8) is 0 Å². The van der Waals surface area contributed by atoms with Gasteiger partial charge in [-0.1, -0.05) is 15.9 Å². The molecule has 0 saturated carbocycles. The van der Waals surface area contributed by atoms with Crippen molar-refractivity contribution < 1.29 is 27.9 Å². The molecule has 33 heavy (non-hydrogen) atoms. The van der Waals surface area contributed by atoms with Crippen molar-refractivity contribution in [2.75, 3.05) is 25.0 Å². The van der Waals surface area contributed by atoms with Crippen molar-refractivity contribution in [3.8, 4) is 0 Å². The molecule has 0 bridgehead atoms. The van der Waals surface area contributed by atoms with Crippen LogP contribution in [0.3, 0.4) is 0 Å². The number of halogens is 4. The molecule has 1 saturated heterocycles. The van der Waals surface area contributed by atoms with Crippen LogP contribution in [0.4, 0.5) is 18.9 Å². The van der Waals surface area contributed by atoms with Gasteiger partial charge in [-0.25, -0.2) is 0 Å². The number of carbonyl (C=O) groups excluding carboxylic acids is 2. The van der Waals surface area contributed by atoms with Gasteiger partial charge in [0.25, 0.3) is 11.8 Å². The van der Waals surface area contributed by atoms with Crippen molar-refractivity contribution in [2.24, 2.45) is 0 Å². The van der Waals surface area contributed by atoms with Crippen LogP contribution in [0.2, 0.25) is 0 Å². The van der Waals surface area contributed by atoms with Crippen LogP contribution < -0.4 is 16.0 Å². The number of fused-ring (bicyclic) bond motifs is 1. The Morgan fingerprint density at radius 2 is 2.00 bits per heavy atom. The van der Waals surface area contributed by atoms with Crippen LogP contribution in [-0.2, 0) is 11.0 Å². The summed E-state index contributed by atoms with van der Waals surface area (Å²) in [6.45, 7) is 2.32. The summed E-state index contributed by atoms with van der Waals surface area (Å²) in [5.41, 5.74) is -2.27. The van der Waals surface area contributed by atoms with Gasteiger partial charge in [-0.05, 0) is 57.1 Å². The topological polar surface area (TPSA) is 106 Å². The summed E-state index contributed by atoms with van der Waals surface area (Å²) in [5, 5.41) is 18.7. The van der Waals surface area contributed by atoms with Crippen molar-refractivity contribution in [3.05, 3.63) is 50.8 Å². The number of aromatic amines is 1. The molecule has 2 aliphatic rings. The second-order valence-corrected chi connectivity index (χ2v) is 9.19. The zero-order valence-electron chi connectivity index (χ0n) is 17.6. The van der Waals surface area contributed by atoms with E-state index in [1.165, 1.54) is 6.92 Å². The number of aryl methyl sites for hydroxylation is 1. The molecule has 7 nitrogen and oxygen atoms in total. The monoisotopic (exact) mass is 526 g/mol. The van der Waals surface area contributed by atoms with Crippen LogP contribution >= 0.6 is 15.9 Å². The van der Waals surface area contributed by atoms with Gasteiger partial charge in [0.2, 0.25) is 0 Å². The van der Waals surface area contributed by atoms with Crippen molar-refractivity contribution in [1.29, 1.82) is 0 Å². The lowest BCUT2D eigenvalue weighted by molar-refractivity contribution is -0.138. The summed E-state index contributed by atoms with van der Waals surface area (Å²) in [6, 6.07) is 4.99. The highest BCUT2D eigenvalue weighted by Crippen LogP contribution is 2.40. The first-order chi connectivity index (χ1) is 15.5. The summed E-state index contributed by atoms with van der Waals surface area (Å²) in [4.78, 5) is 27.9. The van der Waals surface area contributed by atoms with E-state index in [0.717, 1.165) is 6.08 Å². The average Bonchev–Trinajstić information content (AvgIpc) is 3.23. The maximum atomic E-state index is 14.1. The molecule has 0 atom stereocenters. The van der Waals surface area contributed by atoms with E-state index in [0.29, 0.717) is 41.7 Å². The van der Waals surface area contributed by atoms with E-state index < -0.39 is 34.7 Å². The molecule has 0 unspecified atom stereocenters. The van der Waals surface area contributed by atoms with Crippen LogP contribution in [0.15, 0.2) is 22.7 Å². The molecule has 176 valence electrons. The molecule has 2 amide bonds. The number of amides is 2. The number of nitrogens with one attached hydrogen (secondary N) is 4. The largest absolute Gasteiger partial charge is 0.419 e. The molecule has 5 N–H and O–H groups in total. The highest BCUT2D eigenvalue weighted by molar-refractivity contribution is 9.10. The second kappa shape index (κ2) is 8.62. The lowest BCUT2D eigenvalue weighted by atomic mass is 9.92. The van der Waals surface area contributed by atoms with E-state index in [1.807, 2.05) is 0 Å². The van der Waals surface area contributed by atoms with Crippen molar-refractivity contribution in [2.45, 2.75) is 31.5 Å². The molecular formula is C22H22BrF3N4O3. The predicted octanol–water partition coefficient (Wildman–Crippen LogP) is 3.44. The van der Waals surface area contributed by atoms with Crippen LogP contribution in [0.5, 0.6) is 0 Å². The Kier molecular flexibility index (Phi) is 6.14. The number of piperidine rings is 1. The zero-order chi connectivity index (χ0) is 24.0. The number of carbonyl (C=O) groups is 2. The van der Waals surface area contributed by atoms with E-state index in [1.54, 1.807) is 18.2 Å². The molecule has 1 fully saturated rings. The fourth-order valence-electron chi connectivity index (χ4n) is 4.19. The number of rotatable bonds is 4. The number of hydrogen-bond acceptors (Lipinski definition) is 4. The number of aliphatic hydroxyl groups is 1. The number of anilines is 1. The molecule has 4 rings (SSSR count). The maximum Gasteiger partial charge on any atom is 0.419 e. The molecule has 3 heterocycles. The van der Waals surface area contributed by atoms with Gasteiger partial charge in [-0.15, -0.1) is 0 Å². The van der Waals surface area contributed by atoms with Crippen LogP contribution in [0, 0.1) is 6.92 Å². The Bertz CT molecular complexity index is 1150. The molecule has 1 aromatic heterocycles. The molecule has 2 aliphatic heterocycles. The fourth-order valence-corrected chi connectivity index (χ4v) is 4.55. The molecular weight excluding hydrogens is 505 g/mol. The molecule has 0 aliphatic carbocycles. The van der Waals surface area contributed by atoms with Crippen LogP contribution in [-0.4, -0.2) is 47.1 Å². The number of alkyl halides is 3. The fraction of sp³-hybridized carbons (Fsp3) is 0.364. The summed E-state index contributed by atoms with van der Waals surface area (Å²) in [5.74, 6) is -1.48. The third kappa shape index (κ3) is 4.71. The third-order valence-corrected chi connectivity index (χ3v) is 6.39. The Balaban J connectivity index is 1.71. The van der Waals surface area contributed by atoms with Gasteiger partial charge in [0, 0.05) is 28.0 Å². The zero-order valence-corrected chi connectivity index (χ0v) is 19.2. The first kappa shape index (κ1) is 23.5. The highest BCUT2D eigenvalue weighted by Gasteiger charge is 2.41. The van der Waals surface area contributed by atoms with Gasteiger partial charge >= 0.3 is 6.18 Å². The SMILES string of the molecule is Cc1[nH]c(/C=C2\C(=O)Nc3ccc(Br)cc32)c(C(F)(F)F)c1C(=O)NCC1(O)CCNCC1. The Labute approximate surface area is 196 Å². The van der Waals surface area contributed by atoms with E-state index in [-0.39, 0.29) is 23.5 Å². The number of benzene rings is 1. The molecule has 2 aromatic rings. The summed E-state index contributed by atoms with van der Waals surface area (Å²) >= 11 is 3.30. The van der Waals surface area contributed by atoms with E-state index in [9.17, 15) is 27.9 Å². The second-order valence-electron chi connectivity index (χ2n) is 8.27. The minimum Gasteiger partial charge on any atom is -0.388 e. The van der Waals surface area contributed by atoms with Crippen molar-refractivity contribution in [1.82, 2.24) is 15.6 Å². The molecule has 11 heteroatoms. The summed E-state index contributed by atoms with van der Waals surface area (Å²) in [7, 11) is 0. The van der Waals surface area contributed by atoms with Gasteiger partial charge in [-0.3, -0.25) is 9.59 Å². The van der Waals surface area contributed by atoms with E-state index >= 15 is 0 Å². The number of H-pyrrole nitrogens is 1. The Morgan fingerprint density at radius 3 is 2.67 bits per heavy atom. The quantitative estimate of drug-likeness (QED) is 0.393. The summed E-state index contributed by atoms with van der Waals surface area (Å²) < 4.78 is 42.9. The van der Waals surface area contributed by atoms with Gasteiger partial charge in [-0.2, -0.15) is 13.2 Å². The van der Waals surface area contributed by atoms with Gasteiger partial charge < -0.3 is 26.0 Å². The first-order valence-corrected chi connectivity index (χ1v) is 11.1. The van der Waals surface area contributed by atoms with Crippen LogP contribution in [0.25, 0.3) is 11.6 Å². The molecule has 0 radical (unpaired) electrons. The van der Waals surface area contributed by atoms with Crippen LogP contribution in [0.1, 0.15) is 45.7 Å². The Hall–Kier alpha value is -2.63. The highest BCUT2D eigenvalue weighted by atomic mass is 79.9. The first-order valence-electron chi connectivity index (χ1n) is 10.3. The van der Waals surface area contributed by atoms with E-state index in [2.05, 4.69) is 36.9 Å². The predicted molar refractivity (Wildman–Crippen MR) is 121 cm³/mol. The number of hydrogen-bond donors (Lipinski definition) is 5. The summed E-state index contributed by atoms with van der Waals surface area (Å²) in [6.07, 6.45) is -2.98.